The molecule has 2 heterocycles. The van der Waals surface area contributed by atoms with Crippen molar-refractivity contribution in [3.05, 3.63) is 121 Å². The summed E-state index contributed by atoms with van der Waals surface area (Å²) in [6.07, 6.45) is 0. The van der Waals surface area contributed by atoms with Gasteiger partial charge in [0.05, 0.1) is 28.0 Å². The number of hydrogen-bond acceptors (Lipinski definition) is 2. The SMILES string of the molecule is [C-]#[N+]c1cc(-c2ccccc2)nc(-c2ccccc2-n2c3ccccc3c3ccccc32)n1. The molecule has 0 aliphatic rings. The van der Waals surface area contributed by atoms with Crippen LogP contribution in [0.25, 0.3) is 55.0 Å². The molecule has 4 aromatic carbocycles. The van der Waals surface area contributed by atoms with Gasteiger partial charge in [0.25, 0.3) is 11.6 Å². The van der Waals surface area contributed by atoms with Crippen LogP contribution in [0.3, 0.4) is 0 Å². The second kappa shape index (κ2) is 7.74. The highest BCUT2D eigenvalue weighted by Crippen LogP contribution is 2.36. The highest BCUT2D eigenvalue weighted by Gasteiger charge is 2.19. The Morgan fingerprint density at radius 1 is 0.636 bits per heavy atom. The Labute approximate surface area is 191 Å². The van der Waals surface area contributed by atoms with Crippen LogP contribution in [0.2, 0.25) is 0 Å². The molecule has 6 aromatic rings. The third kappa shape index (κ3) is 3.15. The lowest BCUT2D eigenvalue weighted by molar-refractivity contribution is 1.14. The molecule has 4 heteroatoms. The van der Waals surface area contributed by atoms with Crippen molar-refractivity contribution in [1.29, 1.82) is 0 Å². The molecular formula is C29H18N4. The maximum Gasteiger partial charge on any atom is 0.274 e. The van der Waals surface area contributed by atoms with E-state index in [0.29, 0.717) is 11.6 Å². The van der Waals surface area contributed by atoms with E-state index in [2.05, 4.69) is 69.0 Å². The summed E-state index contributed by atoms with van der Waals surface area (Å²) in [5, 5.41) is 2.40. The molecular weight excluding hydrogens is 404 g/mol. The third-order valence-electron chi connectivity index (χ3n) is 5.86. The molecule has 0 aliphatic carbocycles. The average molecular weight is 422 g/mol. The number of fused-ring (bicyclic) bond motifs is 3. The summed E-state index contributed by atoms with van der Waals surface area (Å²) >= 11 is 0. The summed E-state index contributed by atoms with van der Waals surface area (Å²) in [7, 11) is 0. The van der Waals surface area contributed by atoms with Gasteiger partial charge >= 0.3 is 0 Å². The Kier molecular flexibility index (Phi) is 4.45. The molecule has 0 fully saturated rings. The van der Waals surface area contributed by atoms with Gasteiger partial charge in [0.1, 0.15) is 0 Å². The van der Waals surface area contributed by atoms with Crippen LogP contribution in [0, 0.1) is 6.57 Å². The zero-order valence-corrected chi connectivity index (χ0v) is 17.7. The molecule has 0 saturated carbocycles. The summed E-state index contributed by atoms with van der Waals surface area (Å²) in [6, 6.07) is 36.6. The molecule has 0 unspecified atom stereocenters. The fraction of sp³-hybridized carbons (Fsp3) is 0. The van der Waals surface area contributed by atoms with Crippen LogP contribution in [0.1, 0.15) is 0 Å². The number of para-hydroxylation sites is 3. The summed E-state index contributed by atoms with van der Waals surface area (Å²) < 4.78 is 2.26. The van der Waals surface area contributed by atoms with Crippen molar-refractivity contribution >= 4 is 27.6 Å². The first-order valence-electron chi connectivity index (χ1n) is 10.7. The van der Waals surface area contributed by atoms with Gasteiger partial charge in [-0.15, -0.1) is 0 Å². The summed E-state index contributed by atoms with van der Waals surface area (Å²) in [4.78, 5) is 13.1. The van der Waals surface area contributed by atoms with Crippen LogP contribution < -0.4 is 0 Å². The Morgan fingerprint density at radius 2 is 1.24 bits per heavy atom. The maximum atomic E-state index is 7.60. The molecule has 0 amide bonds. The smallest absolute Gasteiger partial charge is 0.274 e. The first kappa shape index (κ1) is 19.0. The molecule has 4 nitrogen and oxygen atoms in total. The van der Waals surface area contributed by atoms with Crippen LogP contribution >= 0.6 is 0 Å². The normalized spacial score (nSPS) is 11.0. The number of aromatic nitrogens is 3. The summed E-state index contributed by atoms with van der Waals surface area (Å²) in [6.45, 7) is 7.60. The fourth-order valence-electron chi connectivity index (χ4n) is 4.41. The van der Waals surface area contributed by atoms with Crippen LogP contribution in [0.5, 0.6) is 0 Å². The van der Waals surface area contributed by atoms with E-state index in [1.165, 1.54) is 10.8 Å². The van der Waals surface area contributed by atoms with E-state index in [9.17, 15) is 0 Å². The van der Waals surface area contributed by atoms with E-state index in [4.69, 9.17) is 11.6 Å². The van der Waals surface area contributed by atoms with E-state index < -0.39 is 0 Å². The Balaban J connectivity index is 1.65. The van der Waals surface area contributed by atoms with Crippen molar-refractivity contribution < 1.29 is 0 Å². The lowest BCUT2D eigenvalue weighted by Gasteiger charge is -2.12. The van der Waals surface area contributed by atoms with Crippen LogP contribution in [-0.2, 0) is 0 Å². The quantitative estimate of drug-likeness (QED) is 0.278. The molecule has 0 saturated heterocycles. The minimum Gasteiger partial charge on any atom is -0.360 e. The summed E-state index contributed by atoms with van der Waals surface area (Å²) in [5.41, 5.74) is 5.80. The van der Waals surface area contributed by atoms with Gasteiger partial charge in [-0.1, -0.05) is 90.4 Å². The molecule has 2 aromatic heterocycles. The van der Waals surface area contributed by atoms with Crippen LogP contribution in [-0.4, -0.2) is 14.5 Å². The van der Waals surface area contributed by atoms with E-state index in [1.54, 1.807) is 6.07 Å². The number of nitrogens with zero attached hydrogens (tertiary/aromatic N) is 4. The Hall–Kier alpha value is -4.75. The van der Waals surface area contributed by atoms with Gasteiger partial charge in [0.15, 0.2) is 0 Å². The van der Waals surface area contributed by atoms with Gasteiger partial charge < -0.3 is 9.41 Å². The molecule has 0 spiro atoms. The van der Waals surface area contributed by atoms with E-state index in [-0.39, 0.29) is 0 Å². The predicted molar refractivity (Wildman–Crippen MR) is 134 cm³/mol. The van der Waals surface area contributed by atoms with Gasteiger partial charge in [-0.2, -0.15) is 0 Å². The lowest BCUT2D eigenvalue weighted by atomic mass is 10.1. The monoisotopic (exact) mass is 422 g/mol. The Morgan fingerprint density at radius 3 is 1.94 bits per heavy atom. The third-order valence-corrected chi connectivity index (χ3v) is 5.86. The van der Waals surface area contributed by atoms with Crippen LogP contribution in [0.4, 0.5) is 5.82 Å². The minimum absolute atomic E-state index is 0.330. The maximum absolute atomic E-state index is 7.60. The Bertz CT molecular complexity index is 1620. The van der Waals surface area contributed by atoms with Gasteiger partial charge in [0.2, 0.25) is 0 Å². The topological polar surface area (TPSA) is 35.1 Å². The van der Waals surface area contributed by atoms with Gasteiger partial charge in [0, 0.05) is 10.8 Å². The van der Waals surface area contributed by atoms with Crippen molar-refractivity contribution in [2.45, 2.75) is 0 Å². The number of hydrogen-bond donors (Lipinski definition) is 0. The first-order chi connectivity index (χ1) is 16.3. The lowest BCUT2D eigenvalue weighted by Crippen LogP contribution is -2.00. The number of rotatable bonds is 3. The molecule has 0 N–H and O–H groups in total. The fourth-order valence-corrected chi connectivity index (χ4v) is 4.41. The largest absolute Gasteiger partial charge is 0.360 e. The van der Waals surface area contributed by atoms with Crippen molar-refractivity contribution in [2.75, 3.05) is 0 Å². The molecule has 0 bridgehead atoms. The van der Waals surface area contributed by atoms with Crippen LogP contribution in [0.15, 0.2) is 109 Å². The molecule has 0 atom stereocenters. The highest BCUT2D eigenvalue weighted by molar-refractivity contribution is 6.09. The summed E-state index contributed by atoms with van der Waals surface area (Å²) in [5.74, 6) is 0.871. The molecule has 33 heavy (non-hydrogen) atoms. The molecule has 0 radical (unpaired) electrons. The van der Waals surface area contributed by atoms with Crippen molar-refractivity contribution in [3.63, 3.8) is 0 Å². The van der Waals surface area contributed by atoms with Crippen molar-refractivity contribution in [1.82, 2.24) is 14.5 Å². The van der Waals surface area contributed by atoms with Crippen molar-refractivity contribution in [3.8, 4) is 28.3 Å². The average Bonchev–Trinajstić information content (AvgIpc) is 3.23. The van der Waals surface area contributed by atoms with Crippen molar-refractivity contribution in [2.24, 2.45) is 0 Å². The molecule has 154 valence electrons. The van der Waals surface area contributed by atoms with E-state index >= 15 is 0 Å². The minimum atomic E-state index is 0.330. The van der Waals surface area contributed by atoms with Gasteiger partial charge in [-0.05, 0) is 35.9 Å². The predicted octanol–water partition coefficient (Wildman–Crippen LogP) is 7.46. The first-order valence-corrected chi connectivity index (χ1v) is 10.7. The van der Waals surface area contributed by atoms with E-state index in [0.717, 1.165) is 33.5 Å². The zero-order valence-electron chi connectivity index (χ0n) is 17.7. The molecule has 6 rings (SSSR count). The van der Waals surface area contributed by atoms with E-state index in [1.807, 2.05) is 48.5 Å². The number of benzene rings is 4. The second-order valence-electron chi connectivity index (χ2n) is 7.80. The zero-order chi connectivity index (χ0) is 22.2. The highest BCUT2D eigenvalue weighted by atomic mass is 15.0. The van der Waals surface area contributed by atoms with Gasteiger partial charge in [-0.25, -0.2) is 4.98 Å². The molecule has 0 aliphatic heterocycles. The second-order valence-corrected chi connectivity index (χ2v) is 7.80. The van der Waals surface area contributed by atoms with Gasteiger partial charge in [-0.3, -0.25) is 0 Å². The standard InChI is InChI=1S/C29H18N4/c1-30-28-19-24(20-11-3-2-4-12-20)31-29(32-28)23-15-7-10-18-27(23)33-25-16-8-5-13-21(25)22-14-6-9-17-26(22)33/h2-19H.